The summed E-state index contributed by atoms with van der Waals surface area (Å²) in [6.07, 6.45) is 0. The first-order valence-electron chi connectivity index (χ1n) is 9.02. The third-order valence-corrected chi connectivity index (χ3v) is 13.6. The molecule has 0 heterocycles. The predicted molar refractivity (Wildman–Crippen MR) is 102 cm³/mol. The maximum Gasteiger partial charge on any atom is 0.297 e. The van der Waals surface area contributed by atoms with Crippen LogP contribution in [0.3, 0.4) is 0 Å². The van der Waals surface area contributed by atoms with Gasteiger partial charge in [0.2, 0.25) is 0 Å². The Labute approximate surface area is 146 Å². The van der Waals surface area contributed by atoms with Crippen molar-refractivity contribution < 1.29 is 4.12 Å². The van der Waals surface area contributed by atoms with E-state index >= 15 is 0 Å². The molecule has 0 fully saturated rings. The molecule has 0 unspecified atom stereocenters. The second-order valence-corrected chi connectivity index (χ2v) is 15.6. The maximum atomic E-state index is 10.0. The molecule has 0 aromatic heterocycles. The number of nitriles is 2. The van der Waals surface area contributed by atoms with Gasteiger partial charge in [-0.1, -0.05) is 55.4 Å². The Kier molecular flexibility index (Phi) is 9.35. The summed E-state index contributed by atoms with van der Waals surface area (Å²) < 4.78 is 6.72. The highest BCUT2D eigenvalue weighted by Crippen LogP contribution is 2.34. The molecule has 0 saturated carbocycles. The lowest BCUT2D eigenvalue weighted by Crippen LogP contribution is -2.53. The fourth-order valence-electron chi connectivity index (χ4n) is 3.57. The standard InChI is InChI=1S/C18H36N2OSi2/c1-15(2)9-22(13-19,10-16(3)4)21-23(14-20,11-17(5)6)12-18(7)8/h15-18H,9-12H2,1-8H3. The van der Waals surface area contributed by atoms with Gasteiger partial charge in [-0.3, -0.25) is 0 Å². The highest BCUT2D eigenvalue weighted by Gasteiger charge is 2.48. The molecule has 132 valence electrons. The van der Waals surface area contributed by atoms with Crippen LogP contribution in [0.25, 0.3) is 0 Å². The molecule has 0 aliphatic carbocycles. The molecule has 23 heavy (non-hydrogen) atoms. The van der Waals surface area contributed by atoms with Gasteiger partial charge in [-0.05, 0) is 47.8 Å². The Hall–Kier alpha value is -0.626. The normalized spacial score (nSPS) is 13.0. The fourth-order valence-corrected chi connectivity index (χ4v) is 14.2. The van der Waals surface area contributed by atoms with Crippen LogP contribution in [0.4, 0.5) is 0 Å². The lowest BCUT2D eigenvalue weighted by molar-refractivity contribution is 0.477. The SMILES string of the molecule is CC(C)C[Si](C#N)(CC(C)C)O[Si](C#N)(CC(C)C)CC(C)C. The molecule has 0 aromatic rings. The molecule has 0 amide bonds. The average Bonchev–Trinajstić information content (AvgIpc) is 2.35. The Morgan fingerprint density at radius 3 is 0.957 bits per heavy atom. The molecule has 5 heteroatoms. The van der Waals surface area contributed by atoms with Crippen molar-refractivity contribution >= 4 is 16.6 Å². The van der Waals surface area contributed by atoms with Gasteiger partial charge in [0.15, 0.2) is 0 Å². The largest absolute Gasteiger partial charge is 0.434 e. The zero-order valence-electron chi connectivity index (χ0n) is 16.4. The molecule has 0 rings (SSSR count). The molecule has 0 aliphatic heterocycles. The van der Waals surface area contributed by atoms with Crippen molar-refractivity contribution in [2.75, 3.05) is 0 Å². The number of hydrogen-bond donors (Lipinski definition) is 0. The van der Waals surface area contributed by atoms with Crippen molar-refractivity contribution in [2.45, 2.75) is 79.6 Å². The van der Waals surface area contributed by atoms with Crippen LogP contribution in [-0.4, -0.2) is 16.6 Å². The van der Waals surface area contributed by atoms with E-state index in [0.29, 0.717) is 23.7 Å². The van der Waals surface area contributed by atoms with Gasteiger partial charge in [0.1, 0.15) is 0 Å². The summed E-state index contributed by atoms with van der Waals surface area (Å²) in [4.78, 5) is 0. The van der Waals surface area contributed by atoms with E-state index in [4.69, 9.17) is 4.12 Å². The molecule has 0 radical (unpaired) electrons. The van der Waals surface area contributed by atoms with E-state index < -0.39 is 16.6 Å². The zero-order chi connectivity index (χ0) is 18.3. The Morgan fingerprint density at radius 2 is 0.826 bits per heavy atom. The summed E-state index contributed by atoms with van der Waals surface area (Å²) in [6.45, 7) is 17.2. The third-order valence-electron chi connectivity index (χ3n) is 3.75. The Morgan fingerprint density at radius 1 is 0.609 bits per heavy atom. The van der Waals surface area contributed by atoms with Gasteiger partial charge < -0.3 is 4.12 Å². The van der Waals surface area contributed by atoms with Gasteiger partial charge in [0.05, 0.1) is 11.4 Å². The summed E-state index contributed by atoms with van der Waals surface area (Å²) >= 11 is 0. The van der Waals surface area contributed by atoms with Crippen LogP contribution < -0.4 is 0 Å². The molecule has 0 N–H and O–H groups in total. The first kappa shape index (κ1) is 22.4. The lowest BCUT2D eigenvalue weighted by Gasteiger charge is -2.37. The highest BCUT2D eigenvalue weighted by molar-refractivity contribution is 6.94. The number of rotatable bonds is 10. The monoisotopic (exact) mass is 352 g/mol. The smallest absolute Gasteiger partial charge is 0.297 e. The van der Waals surface area contributed by atoms with E-state index in [-0.39, 0.29) is 0 Å². The molecule has 0 atom stereocenters. The van der Waals surface area contributed by atoms with E-state index in [1.807, 2.05) is 0 Å². The van der Waals surface area contributed by atoms with E-state index in [2.05, 4.69) is 66.8 Å². The van der Waals surface area contributed by atoms with Gasteiger partial charge in [0.25, 0.3) is 16.6 Å². The molecule has 0 spiro atoms. The second-order valence-electron chi connectivity index (χ2n) is 8.71. The van der Waals surface area contributed by atoms with Gasteiger partial charge >= 0.3 is 0 Å². The van der Waals surface area contributed by atoms with Crippen LogP contribution >= 0.6 is 0 Å². The lowest BCUT2D eigenvalue weighted by atomic mass is 10.3. The zero-order valence-corrected chi connectivity index (χ0v) is 18.4. The van der Waals surface area contributed by atoms with Crippen molar-refractivity contribution in [2.24, 2.45) is 23.7 Å². The first-order chi connectivity index (χ1) is 10.5. The van der Waals surface area contributed by atoms with Gasteiger partial charge in [0, 0.05) is 0 Å². The summed E-state index contributed by atoms with van der Waals surface area (Å²) in [5.41, 5.74) is 5.23. The van der Waals surface area contributed by atoms with Crippen molar-refractivity contribution in [1.82, 2.24) is 0 Å². The highest BCUT2D eigenvalue weighted by atomic mass is 28.4. The summed E-state index contributed by atoms with van der Waals surface area (Å²) in [5, 5.41) is 20.0. The van der Waals surface area contributed by atoms with Crippen LogP contribution in [0.5, 0.6) is 0 Å². The number of hydrogen-bond acceptors (Lipinski definition) is 3. The maximum absolute atomic E-state index is 10.0. The topological polar surface area (TPSA) is 56.8 Å². The second kappa shape index (κ2) is 9.62. The minimum atomic E-state index is -2.54. The quantitative estimate of drug-likeness (QED) is 0.478. The average molecular weight is 353 g/mol. The molecule has 0 saturated heterocycles. The van der Waals surface area contributed by atoms with Gasteiger partial charge in [-0.2, -0.15) is 0 Å². The van der Waals surface area contributed by atoms with Crippen LogP contribution in [0.1, 0.15) is 55.4 Å². The minimum Gasteiger partial charge on any atom is -0.434 e. The van der Waals surface area contributed by atoms with Gasteiger partial charge in [-0.25, -0.2) is 10.5 Å². The molecule has 0 aliphatic rings. The van der Waals surface area contributed by atoms with E-state index in [1.165, 1.54) is 0 Å². The molecule has 0 aromatic carbocycles. The first-order valence-corrected chi connectivity index (χ1v) is 13.7. The number of nitrogens with zero attached hydrogens (tertiary/aromatic N) is 2. The Balaban J connectivity index is 5.74. The summed E-state index contributed by atoms with van der Waals surface area (Å²) in [6, 6.07) is 3.37. The van der Waals surface area contributed by atoms with Crippen LogP contribution in [0.15, 0.2) is 0 Å². The van der Waals surface area contributed by atoms with Crippen molar-refractivity contribution in [1.29, 1.82) is 10.5 Å². The minimum absolute atomic E-state index is 0.434. The van der Waals surface area contributed by atoms with Crippen LogP contribution in [0, 0.1) is 45.6 Å². The van der Waals surface area contributed by atoms with Crippen LogP contribution in [-0.2, 0) is 4.12 Å². The van der Waals surface area contributed by atoms with Crippen molar-refractivity contribution in [3.63, 3.8) is 0 Å². The molecule has 0 bridgehead atoms. The van der Waals surface area contributed by atoms with Crippen molar-refractivity contribution in [3.8, 4) is 11.4 Å². The molecule has 3 nitrogen and oxygen atoms in total. The fraction of sp³-hybridized carbons (Fsp3) is 0.889. The van der Waals surface area contributed by atoms with Crippen molar-refractivity contribution in [3.05, 3.63) is 0 Å². The van der Waals surface area contributed by atoms with E-state index in [0.717, 1.165) is 24.2 Å². The molecular formula is C18H36N2OSi2. The van der Waals surface area contributed by atoms with Gasteiger partial charge in [-0.15, -0.1) is 0 Å². The summed E-state index contributed by atoms with van der Waals surface area (Å²) in [5.74, 6) is 1.74. The molecular weight excluding hydrogens is 316 g/mol. The third kappa shape index (κ3) is 8.15. The van der Waals surface area contributed by atoms with Crippen LogP contribution in [0.2, 0.25) is 24.2 Å². The van der Waals surface area contributed by atoms with E-state index in [1.54, 1.807) is 0 Å². The Bertz CT molecular complexity index is 373. The van der Waals surface area contributed by atoms with E-state index in [9.17, 15) is 10.5 Å². The summed E-state index contributed by atoms with van der Waals surface area (Å²) in [7, 11) is -5.08. The predicted octanol–water partition coefficient (Wildman–Crippen LogP) is 5.64.